The van der Waals surface area contributed by atoms with Crippen LogP contribution in [0.2, 0.25) is 0 Å². The second-order valence-electron chi connectivity index (χ2n) is 5.56. The highest BCUT2D eigenvalue weighted by atomic mass is 16.6. The zero-order valence-electron chi connectivity index (χ0n) is 13.6. The molecule has 0 bridgehead atoms. The molecule has 0 heterocycles. The quantitative estimate of drug-likeness (QED) is 0.602. The third-order valence-electron chi connectivity index (χ3n) is 2.59. The average molecular weight is 302 g/mol. The summed E-state index contributed by atoms with van der Waals surface area (Å²) < 4.78 is 10.0. The van der Waals surface area contributed by atoms with Crippen molar-refractivity contribution in [1.82, 2.24) is 10.4 Å². The highest BCUT2D eigenvalue weighted by Gasteiger charge is 2.38. The van der Waals surface area contributed by atoms with Gasteiger partial charge in [0.25, 0.3) is 0 Å². The number of hydrogen-bond acceptors (Lipinski definition) is 5. The normalized spacial score (nSPS) is 13.5. The van der Waals surface area contributed by atoms with Gasteiger partial charge in [-0.2, -0.15) is 0 Å². The molecular weight excluding hydrogens is 276 g/mol. The van der Waals surface area contributed by atoms with Crippen LogP contribution in [0.3, 0.4) is 0 Å². The predicted octanol–water partition coefficient (Wildman–Crippen LogP) is 2.64. The number of carbonyl (C=O) groups is 3. The summed E-state index contributed by atoms with van der Waals surface area (Å²) in [5.41, 5.74) is 1.10. The van der Waals surface area contributed by atoms with Crippen molar-refractivity contribution in [3.63, 3.8) is 0 Å². The summed E-state index contributed by atoms with van der Waals surface area (Å²) in [4.78, 5) is 35.3. The number of amides is 2. The molecular formula is C14H26N2O5. The number of rotatable bonds is 6. The molecule has 0 spiro atoms. The van der Waals surface area contributed by atoms with E-state index in [1.165, 1.54) is 0 Å². The van der Waals surface area contributed by atoms with Crippen LogP contribution >= 0.6 is 0 Å². The minimum atomic E-state index is -1.20. The van der Waals surface area contributed by atoms with Crippen molar-refractivity contribution in [3.05, 3.63) is 0 Å². The lowest BCUT2D eigenvalue weighted by atomic mass is 9.98. The van der Waals surface area contributed by atoms with Crippen LogP contribution in [-0.4, -0.2) is 41.2 Å². The molecule has 21 heavy (non-hydrogen) atoms. The molecule has 2 amide bonds. The first-order valence-corrected chi connectivity index (χ1v) is 7.10. The molecule has 0 saturated heterocycles. The first kappa shape index (κ1) is 19.2. The topological polar surface area (TPSA) is 84.9 Å². The summed E-state index contributed by atoms with van der Waals surface area (Å²) >= 11 is 0. The maximum Gasteiger partial charge on any atom is 0.429 e. The van der Waals surface area contributed by atoms with Crippen LogP contribution < -0.4 is 5.43 Å². The van der Waals surface area contributed by atoms with Crippen LogP contribution in [0.25, 0.3) is 0 Å². The Morgan fingerprint density at radius 2 is 1.71 bits per heavy atom. The zero-order chi connectivity index (χ0) is 16.6. The highest BCUT2D eigenvalue weighted by molar-refractivity contribution is 5.79. The Labute approximate surface area is 125 Å². The molecule has 0 radical (unpaired) electrons. The maximum absolute atomic E-state index is 12.1. The smallest absolute Gasteiger partial charge is 0.429 e. The Kier molecular flexibility index (Phi) is 7.76. The van der Waals surface area contributed by atoms with Gasteiger partial charge >= 0.3 is 12.2 Å². The molecule has 1 atom stereocenters. The number of carbonyl (C=O) groups excluding carboxylic acids is 3. The van der Waals surface area contributed by atoms with Crippen LogP contribution in [0.4, 0.5) is 9.59 Å². The first-order valence-electron chi connectivity index (χ1n) is 7.10. The van der Waals surface area contributed by atoms with Crippen LogP contribution in [0.5, 0.6) is 0 Å². The first-order chi connectivity index (χ1) is 9.66. The lowest BCUT2D eigenvalue weighted by Gasteiger charge is -2.36. The second-order valence-corrected chi connectivity index (χ2v) is 5.56. The van der Waals surface area contributed by atoms with Gasteiger partial charge in [-0.3, -0.25) is 0 Å². The van der Waals surface area contributed by atoms with E-state index in [2.05, 4.69) is 5.43 Å². The van der Waals surface area contributed by atoms with Crippen molar-refractivity contribution in [2.24, 2.45) is 0 Å². The van der Waals surface area contributed by atoms with E-state index < -0.39 is 17.7 Å². The average Bonchev–Trinajstić information content (AvgIpc) is 2.34. The molecule has 1 unspecified atom stereocenters. The molecule has 0 rings (SSSR count). The fourth-order valence-electron chi connectivity index (χ4n) is 1.70. The zero-order valence-corrected chi connectivity index (χ0v) is 13.6. The largest absolute Gasteiger partial charge is 0.446 e. The van der Waals surface area contributed by atoms with Gasteiger partial charge in [0.05, 0.1) is 12.2 Å². The molecule has 0 aromatic carbocycles. The fraction of sp³-hybridized carbons (Fsp3) is 0.786. The Hall–Kier alpha value is -1.79. The molecule has 0 saturated carbocycles. The summed E-state index contributed by atoms with van der Waals surface area (Å²) in [6.45, 7) is 10.2. The standard InChI is InChI=1S/C14H26N2O5/c1-7-8-14(6,9-17)16(13(19)21-11(4)5)15-12(18)20-10(2)3/h9-11H,7-8H2,1-6H3,(H,15,18). The van der Waals surface area contributed by atoms with Crippen LogP contribution in [0.15, 0.2) is 0 Å². The van der Waals surface area contributed by atoms with Crippen molar-refractivity contribution in [2.75, 3.05) is 0 Å². The Morgan fingerprint density at radius 1 is 1.19 bits per heavy atom. The van der Waals surface area contributed by atoms with E-state index in [0.29, 0.717) is 19.1 Å². The van der Waals surface area contributed by atoms with Gasteiger partial charge in [0.2, 0.25) is 0 Å². The van der Waals surface area contributed by atoms with E-state index in [-0.39, 0.29) is 12.2 Å². The number of aldehydes is 1. The minimum Gasteiger partial charge on any atom is -0.446 e. The van der Waals surface area contributed by atoms with Crippen molar-refractivity contribution in [1.29, 1.82) is 0 Å². The van der Waals surface area contributed by atoms with Gasteiger partial charge in [0, 0.05) is 0 Å². The molecule has 0 aliphatic heterocycles. The molecule has 0 aromatic heterocycles. The highest BCUT2D eigenvalue weighted by Crippen LogP contribution is 2.19. The molecule has 122 valence electrons. The number of hydrogen-bond donors (Lipinski definition) is 1. The van der Waals surface area contributed by atoms with Crippen LogP contribution in [-0.2, 0) is 14.3 Å². The van der Waals surface area contributed by atoms with Crippen LogP contribution in [0, 0.1) is 0 Å². The Morgan fingerprint density at radius 3 is 2.10 bits per heavy atom. The molecule has 0 fully saturated rings. The predicted molar refractivity (Wildman–Crippen MR) is 77.6 cm³/mol. The van der Waals surface area contributed by atoms with Gasteiger partial charge in [0.1, 0.15) is 11.8 Å². The van der Waals surface area contributed by atoms with Gasteiger partial charge < -0.3 is 14.3 Å². The van der Waals surface area contributed by atoms with Crippen LogP contribution in [0.1, 0.15) is 54.4 Å². The third-order valence-corrected chi connectivity index (χ3v) is 2.59. The monoisotopic (exact) mass is 302 g/mol. The van der Waals surface area contributed by atoms with Crippen molar-refractivity contribution in [3.8, 4) is 0 Å². The van der Waals surface area contributed by atoms with E-state index in [4.69, 9.17) is 9.47 Å². The third kappa shape index (κ3) is 6.46. The molecule has 0 aliphatic carbocycles. The second kappa shape index (κ2) is 8.49. The lowest BCUT2D eigenvalue weighted by Crippen LogP contribution is -2.60. The van der Waals surface area contributed by atoms with Gasteiger partial charge in [0.15, 0.2) is 0 Å². The lowest BCUT2D eigenvalue weighted by molar-refractivity contribution is -0.119. The van der Waals surface area contributed by atoms with E-state index in [9.17, 15) is 14.4 Å². The summed E-state index contributed by atoms with van der Waals surface area (Å²) in [5, 5.41) is 0.897. The van der Waals surface area contributed by atoms with Gasteiger partial charge in [-0.1, -0.05) is 13.3 Å². The summed E-state index contributed by atoms with van der Waals surface area (Å²) in [5.74, 6) is 0. The SMILES string of the molecule is CCCC(C)(C=O)N(NC(=O)OC(C)C)C(=O)OC(C)C. The summed E-state index contributed by atoms with van der Waals surface area (Å²) in [7, 11) is 0. The Bertz CT molecular complexity index is 370. The molecule has 0 aliphatic rings. The fourth-order valence-corrected chi connectivity index (χ4v) is 1.70. The summed E-state index contributed by atoms with van der Waals surface area (Å²) in [6.07, 6.45) is -0.674. The van der Waals surface area contributed by atoms with Gasteiger partial charge in [-0.25, -0.2) is 20.0 Å². The molecule has 7 heteroatoms. The van der Waals surface area contributed by atoms with E-state index in [0.717, 1.165) is 5.01 Å². The van der Waals surface area contributed by atoms with Crippen molar-refractivity contribution in [2.45, 2.75) is 72.1 Å². The number of nitrogens with zero attached hydrogens (tertiary/aromatic N) is 1. The van der Waals surface area contributed by atoms with E-state index in [1.807, 2.05) is 6.92 Å². The number of nitrogens with one attached hydrogen (secondary N) is 1. The van der Waals surface area contributed by atoms with E-state index in [1.54, 1.807) is 34.6 Å². The van der Waals surface area contributed by atoms with Crippen molar-refractivity contribution < 1.29 is 23.9 Å². The molecule has 0 aromatic rings. The van der Waals surface area contributed by atoms with E-state index >= 15 is 0 Å². The molecule has 7 nitrogen and oxygen atoms in total. The Balaban J connectivity index is 5.21. The number of ether oxygens (including phenoxy) is 2. The number of hydrazine groups is 1. The van der Waals surface area contributed by atoms with Gasteiger partial charge in [-0.05, 0) is 41.0 Å². The van der Waals surface area contributed by atoms with Crippen molar-refractivity contribution >= 4 is 18.5 Å². The van der Waals surface area contributed by atoms with Gasteiger partial charge in [-0.15, -0.1) is 0 Å². The molecule has 1 N–H and O–H groups in total. The minimum absolute atomic E-state index is 0.346. The summed E-state index contributed by atoms with van der Waals surface area (Å²) in [6, 6.07) is 0. The maximum atomic E-state index is 12.1.